The molecular formula is C26H28F3N5O4. The Hall–Kier alpha value is -3.67. The number of aromatic nitrogens is 3. The Bertz CT molecular complexity index is 1370. The molecule has 0 bridgehead atoms. The summed E-state index contributed by atoms with van der Waals surface area (Å²) in [7, 11) is 0. The predicted molar refractivity (Wildman–Crippen MR) is 131 cm³/mol. The number of benzene rings is 1. The third-order valence-corrected chi connectivity index (χ3v) is 7.01. The minimum Gasteiger partial charge on any atom is -0.493 e. The van der Waals surface area contributed by atoms with E-state index in [0.717, 1.165) is 25.0 Å². The maximum atomic E-state index is 13.6. The summed E-state index contributed by atoms with van der Waals surface area (Å²) in [6, 6.07) is 2.97. The zero-order valence-corrected chi connectivity index (χ0v) is 20.7. The monoisotopic (exact) mass is 531 g/mol. The number of hydrogen-bond acceptors (Lipinski definition) is 6. The van der Waals surface area contributed by atoms with Crippen LogP contribution in [0.25, 0.3) is 22.3 Å². The summed E-state index contributed by atoms with van der Waals surface area (Å²) in [5.74, 6) is -0.170. The number of ether oxygens (including phenoxy) is 1. The quantitative estimate of drug-likeness (QED) is 0.352. The van der Waals surface area contributed by atoms with Crippen molar-refractivity contribution >= 4 is 22.8 Å². The highest BCUT2D eigenvalue weighted by Gasteiger charge is 2.33. The number of H-pyrrole nitrogens is 1. The Morgan fingerprint density at radius 3 is 2.55 bits per heavy atom. The number of nitrogens with one attached hydrogen (secondary N) is 3. The summed E-state index contributed by atoms with van der Waals surface area (Å²) in [5.41, 5.74) is 0.946. The molecule has 2 aliphatic carbocycles. The smallest absolute Gasteiger partial charge is 0.416 e. The number of hydrogen-bond donors (Lipinski definition) is 4. The lowest BCUT2D eigenvalue weighted by atomic mass is 10.0. The lowest BCUT2D eigenvalue weighted by molar-refractivity contribution is -0.137. The van der Waals surface area contributed by atoms with Crippen molar-refractivity contribution in [2.24, 2.45) is 5.92 Å². The largest absolute Gasteiger partial charge is 0.493 e. The molecule has 3 aromatic rings. The molecular weight excluding hydrogens is 503 g/mol. The average molecular weight is 532 g/mol. The average Bonchev–Trinajstić information content (AvgIpc) is 3.50. The van der Waals surface area contributed by atoms with E-state index >= 15 is 0 Å². The van der Waals surface area contributed by atoms with Crippen LogP contribution in [0.1, 0.15) is 53.7 Å². The van der Waals surface area contributed by atoms with E-state index in [9.17, 15) is 22.8 Å². The maximum Gasteiger partial charge on any atom is 0.416 e. The second kappa shape index (κ2) is 10.2. The van der Waals surface area contributed by atoms with Gasteiger partial charge in [0.25, 0.3) is 5.91 Å². The van der Waals surface area contributed by atoms with E-state index in [4.69, 9.17) is 9.84 Å². The molecule has 2 aliphatic rings. The Balaban J connectivity index is 1.45. The summed E-state index contributed by atoms with van der Waals surface area (Å²) < 4.78 is 46.6. The van der Waals surface area contributed by atoms with Crippen molar-refractivity contribution in [3.63, 3.8) is 0 Å². The van der Waals surface area contributed by atoms with Gasteiger partial charge in [0.2, 0.25) is 5.91 Å². The first-order valence-electron chi connectivity index (χ1n) is 12.5. The van der Waals surface area contributed by atoms with Gasteiger partial charge in [-0.1, -0.05) is 0 Å². The Morgan fingerprint density at radius 2 is 1.87 bits per heavy atom. The highest BCUT2D eigenvalue weighted by atomic mass is 19.4. The van der Waals surface area contributed by atoms with E-state index in [1.807, 2.05) is 0 Å². The first-order chi connectivity index (χ1) is 18.1. The van der Waals surface area contributed by atoms with Gasteiger partial charge in [0, 0.05) is 23.3 Å². The second-order valence-corrected chi connectivity index (χ2v) is 9.94. The van der Waals surface area contributed by atoms with E-state index in [1.165, 1.54) is 12.4 Å². The number of fused-ring (bicyclic) bond motifs is 1. The fraction of sp³-hybridized carbons (Fsp3) is 0.462. The van der Waals surface area contributed by atoms with Crippen LogP contribution in [0, 0.1) is 12.8 Å². The summed E-state index contributed by atoms with van der Waals surface area (Å²) in [4.78, 5) is 36.4. The van der Waals surface area contributed by atoms with Gasteiger partial charge >= 0.3 is 6.18 Å². The number of halogens is 3. The molecule has 1 aromatic carbocycles. The molecule has 2 saturated carbocycles. The number of alkyl halides is 3. The fourth-order valence-corrected chi connectivity index (χ4v) is 4.89. The minimum atomic E-state index is -4.55. The van der Waals surface area contributed by atoms with Crippen LogP contribution >= 0.6 is 0 Å². The lowest BCUT2D eigenvalue weighted by Gasteiger charge is -2.15. The Labute approximate surface area is 216 Å². The van der Waals surface area contributed by atoms with E-state index in [-0.39, 0.29) is 40.6 Å². The second-order valence-electron chi connectivity index (χ2n) is 9.94. The van der Waals surface area contributed by atoms with Gasteiger partial charge in [-0.15, -0.1) is 0 Å². The summed E-state index contributed by atoms with van der Waals surface area (Å²) in [6.07, 6.45) is 0.552. The van der Waals surface area contributed by atoms with Crippen LogP contribution in [0.2, 0.25) is 0 Å². The molecule has 2 amide bonds. The molecule has 0 radical (unpaired) electrons. The molecule has 4 N–H and O–H groups in total. The zero-order valence-electron chi connectivity index (χ0n) is 20.7. The molecule has 0 spiro atoms. The van der Waals surface area contributed by atoms with Crippen molar-refractivity contribution in [2.45, 2.75) is 57.3 Å². The van der Waals surface area contributed by atoms with Crippen LogP contribution in [0.15, 0.2) is 24.5 Å². The van der Waals surface area contributed by atoms with Crippen molar-refractivity contribution in [1.29, 1.82) is 0 Å². The minimum absolute atomic E-state index is 0.145. The molecule has 2 fully saturated rings. The SMILES string of the molecule is Cc1[nH]c2c(-c3cc(C(F)(F)F)ccc3OCC3CC3)ncnc2c1C(=O)N[C@H]1CC[C@H](NC(=O)CO)C1. The number of aliphatic hydroxyl groups is 1. The third-order valence-electron chi connectivity index (χ3n) is 7.01. The summed E-state index contributed by atoms with van der Waals surface area (Å²) >= 11 is 0. The highest BCUT2D eigenvalue weighted by molar-refractivity contribution is 6.09. The lowest BCUT2D eigenvalue weighted by Crippen LogP contribution is -2.38. The van der Waals surface area contributed by atoms with Gasteiger partial charge in [-0.05, 0) is 63.1 Å². The number of amides is 2. The summed E-state index contributed by atoms with van der Waals surface area (Å²) in [6.45, 7) is 1.50. The van der Waals surface area contributed by atoms with E-state index in [2.05, 4.69) is 25.6 Å². The van der Waals surface area contributed by atoms with Crippen LogP contribution in [-0.4, -0.2) is 57.2 Å². The van der Waals surface area contributed by atoms with Crippen molar-refractivity contribution in [3.8, 4) is 17.0 Å². The standard InChI is InChI=1S/C26H28F3N5O4/c1-13-21(25(37)34-17-6-5-16(9-17)33-20(36)10-35)23-24(32-13)22(30-12-31-23)18-8-15(26(27,28)29)4-7-19(18)38-11-14-2-3-14/h4,7-8,12,14,16-17,32,35H,2-3,5-6,9-11H2,1H3,(H,33,36)(H,34,37)/t16-,17-/m0/s1. The Morgan fingerprint density at radius 1 is 1.13 bits per heavy atom. The molecule has 0 aliphatic heterocycles. The number of rotatable bonds is 8. The maximum absolute atomic E-state index is 13.6. The van der Waals surface area contributed by atoms with Gasteiger partial charge in [-0.25, -0.2) is 9.97 Å². The molecule has 0 unspecified atom stereocenters. The fourth-order valence-electron chi connectivity index (χ4n) is 4.89. The van der Waals surface area contributed by atoms with Gasteiger partial charge in [0.1, 0.15) is 29.9 Å². The highest BCUT2D eigenvalue weighted by Crippen LogP contribution is 2.40. The topological polar surface area (TPSA) is 129 Å². The molecule has 12 heteroatoms. The van der Waals surface area contributed by atoms with Crippen LogP contribution in [0.4, 0.5) is 13.2 Å². The van der Waals surface area contributed by atoms with Gasteiger partial charge < -0.3 is 25.5 Å². The number of nitrogens with zero attached hydrogens (tertiary/aromatic N) is 2. The predicted octanol–water partition coefficient (Wildman–Crippen LogP) is 3.50. The number of carbonyl (C=O) groups excluding carboxylic acids is 2. The molecule has 202 valence electrons. The number of carbonyl (C=O) groups is 2. The van der Waals surface area contributed by atoms with Crippen molar-refractivity contribution in [1.82, 2.24) is 25.6 Å². The molecule has 38 heavy (non-hydrogen) atoms. The van der Waals surface area contributed by atoms with Gasteiger partial charge in [-0.3, -0.25) is 9.59 Å². The van der Waals surface area contributed by atoms with Crippen molar-refractivity contribution < 1.29 is 32.6 Å². The van der Waals surface area contributed by atoms with Crippen LogP contribution in [-0.2, 0) is 11.0 Å². The molecule has 2 aromatic heterocycles. The molecule has 2 heterocycles. The van der Waals surface area contributed by atoms with Gasteiger partial charge in [0.05, 0.1) is 23.3 Å². The van der Waals surface area contributed by atoms with Crippen molar-refractivity contribution in [3.05, 3.63) is 41.3 Å². The molecule has 2 atom stereocenters. The third kappa shape index (κ3) is 5.45. The molecule has 9 nitrogen and oxygen atoms in total. The molecule has 0 saturated heterocycles. The number of aromatic amines is 1. The van der Waals surface area contributed by atoms with E-state index in [1.54, 1.807) is 6.92 Å². The van der Waals surface area contributed by atoms with Crippen LogP contribution < -0.4 is 15.4 Å². The van der Waals surface area contributed by atoms with Crippen LogP contribution in [0.3, 0.4) is 0 Å². The van der Waals surface area contributed by atoms with Crippen molar-refractivity contribution in [2.75, 3.05) is 13.2 Å². The number of aliphatic hydroxyl groups excluding tert-OH is 1. The number of aryl methyl sites for hydroxylation is 1. The first-order valence-corrected chi connectivity index (χ1v) is 12.5. The first kappa shape index (κ1) is 26.0. The zero-order chi connectivity index (χ0) is 27.0. The van der Waals surface area contributed by atoms with E-state index < -0.39 is 24.3 Å². The Kier molecular flexibility index (Phi) is 6.99. The van der Waals surface area contributed by atoms with Gasteiger partial charge in [-0.2, -0.15) is 13.2 Å². The van der Waals surface area contributed by atoms with Crippen LogP contribution in [0.5, 0.6) is 5.75 Å². The normalized spacial score (nSPS) is 19.5. The summed E-state index contributed by atoms with van der Waals surface area (Å²) in [5, 5.41) is 14.6. The molecule has 5 rings (SSSR count). The van der Waals surface area contributed by atoms with E-state index in [0.29, 0.717) is 48.5 Å². The van der Waals surface area contributed by atoms with Gasteiger partial charge in [0.15, 0.2) is 0 Å².